The molecule has 0 amide bonds. The highest BCUT2D eigenvalue weighted by molar-refractivity contribution is 5.32. The van der Waals surface area contributed by atoms with Crippen LogP contribution in [0.2, 0.25) is 0 Å². The molecule has 0 spiro atoms. The Morgan fingerprint density at radius 1 is 1.00 bits per heavy atom. The van der Waals surface area contributed by atoms with Gasteiger partial charge in [-0.25, -0.2) is 0 Å². The molecular weight excluding hydrogens is 280 g/mol. The van der Waals surface area contributed by atoms with Crippen molar-refractivity contribution in [3.63, 3.8) is 0 Å². The van der Waals surface area contributed by atoms with Crippen molar-refractivity contribution in [1.29, 1.82) is 0 Å². The van der Waals surface area contributed by atoms with E-state index < -0.39 is 6.10 Å². The SMILES string of the molecule is CCCCCCCCCc1ccccc1OOCC(O)CO. The molecule has 1 aromatic rings. The van der Waals surface area contributed by atoms with Gasteiger partial charge >= 0.3 is 0 Å². The van der Waals surface area contributed by atoms with E-state index in [0.717, 1.165) is 18.4 Å². The van der Waals surface area contributed by atoms with Crippen LogP contribution in [0.25, 0.3) is 0 Å². The number of aliphatic hydroxyl groups is 2. The average molecular weight is 310 g/mol. The van der Waals surface area contributed by atoms with Gasteiger partial charge in [-0.15, -0.1) is 0 Å². The van der Waals surface area contributed by atoms with Crippen molar-refractivity contribution in [1.82, 2.24) is 0 Å². The summed E-state index contributed by atoms with van der Waals surface area (Å²) < 4.78 is 0. The maximum absolute atomic E-state index is 9.21. The van der Waals surface area contributed by atoms with Gasteiger partial charge in [0.2, 0.25) is 0 Å². The Morgan fingerprint density at radius 3 is 2.41 bits per heavy atom. The fourth-order valence-corrected chi connectivity index (χ4v) is 2.29. The molecule has 2 N–H and O–H groups in total. The summed E-state index contributed by atoms with van der Waals surface area (Å²) in [6, 6.07) is 7.79. The first kappa shape index (κ1) is 18.9. The number of hydrogen-bond donors (Lipinski definition) is 2. The number of aryl methyl sites for hydroxylation is 1. The van der Waals surface area contributed by atoms with Crippen LogP contribution in [0.1, 0.15) is 57.4 Å². The second-order valence-corrected chi connectivity index (χ2v) is 5.68. The number of benzene rings is 1. The van der Waals surface area contributed by atoms with Crippen molar-refractivity contribution >= 4 is 0 Å². The third-order valence-corrected chi connectivity index (χ3v) is 3.64. The molecule has 0 aliphatic carbocycles. The molecule has 4 heteroatoms. The van der Waals surface area contributed by atoms with Crippen molar-refractivity contribution in [3.8, 4) is 5.75 Å². The second kappa shape index (κ2) is 12.4. The molecule has 4 nitrogen and oxygen atoms in total. The Labute approximate surface area is 134 Å². The molecule has 0 aliphatic rings. The van der Waals surface area contributed by atoms with Crippen LogP contribution in [0, 0.1) is 0 Å². The smallest absolute Gasteiger partial charge is 0.168 e. The summed E-state index contributed by atoms with van der Waals surface area (Å²) in [6.45, 7) is 1.86. The fourth-order valence-electron chi connectivity index (χ4n) is 2.29. The van der Waals surface area contributed by atoms with Crippen molar-refractivity contribution in [3.05, 3.63) is 29.8 Å². The lowest BCUT2D eigenvalue weighted by atomic mass is 10.0. The van der Waals surface area contributed by atoms with E-state index >= 15 is 0 Å². The third kappa shape index (κ3) is 8.37. The van der Waals surface area contributed by atoms with Crippen molar-refractivity contribution in [2.45, 2.75) is 64.4 Å². The van der Waals surface area contributed by atoms with Crippen LogP contribution in [-0.4, -0.2) is 29.5 Å². The molecule has 1 unspecified atom stereocenters. The summed E-state index contributed by atoms with van der Waals surface area (Å²) >= 11 is 0. The Bertz CT molecular complexity index is 381. The second-order valence-electron chi connectivity index (χ2n) is 5.68. The summed E-state index contributed by atoms with van der Waals surface area (Å²) in [7, 11) is 0. The molecule has 0 saturated heterocycles. The molecule has 1 rings (SSSR count). The minimum atomic E-state index is -0.907. The van der Waals surface area contributed by atoms with Crippen LogP contribution in [-0.2, 0) is 11.3 Å². The summed E-state index contributed by atoms with van der Waals surface area (Å²) in [5, 5.41) is 17.9. The summed E-state index contributed by atoms with van der Waals surface area (Å²) in [5.74, 6) is 0.693. The topological polar surface area (TPSA) is 58.9 Å². The van der Waals surface area contributed by atoms with Crippen LogP contribution >= 0.6 is 0 Å². The molecule has 1 atom stereocenters. The predicted molar refractivity (Wildman–Crippen MR) is 87.8 cm³/mol. The Balaban J connectivity index is 2.25. The quantitative estimate of drug-likeness (QED) is 0.332. The van der Waals surface area contributed by atoms with E-state index in [1.54, 1.807) is 0 Å². The molecule has 126 valence electrons. The van der Waals surface area contributed by atoms with Crippen LogP contribution in [0.3, 0.4) is 0 Å². The number of unbranched alkanes of at least 4 members (excludes halogenated alkanes) is 6. The van der Waals surface area contributed by atoms with Gasteiger partial charge < -0.3 is 15.1 Å². The lowest BCUT2D eigenvalue weighted by Crippen LogP contribution is -2.20. The number of hydrogen-bond acceptors (Lipinski definition) is 4. The van der Waals surface area contributed by atoms with E-state index in [0.29, 0.717) is 5.75 Å². The van der Waals surface area contributed by atoms with Gasteiger partial charge in [-0.05, 0) is 24.5 Å². The highest BCUT2D eigenvalue weighted by Crippen LogP contribution is 2.21. The monoisotopic (exact) mass is 310 g/mol. The van der Waals surface area contributed by atoms with E-state index in [2.05, 4.69) is 6.92 Å². The fraction of sp³-hybridized carbons (Fsp3) is 0.667. The Kier molecular flexibility index (Phi) is 10.7. The molecule has 0 aromatic heterocycles. The van der Waals surface area contributed by atoms with E-state index in [-0.39, 0.29) is 13.2 Å². The summed E-state index contributed by atoms with van der Waals surface area (Å²) in [6.07, 6.45) is 9.04. The molecule has 0 saturated carbocycles. The van der Waals surface area contributed by atoms with Crippen LogP contribution in [0.5, 0.6) is 5.75 Å². The molecule has 0 bridgehead atoms. The Morgan fingerprint density at radius 2 is 1.68 bits per heavy atom. The minimum absolute atomic E-state index is 0.0394. The highest BCUT2D eigenvalue weighted by Gasteiger charge is 2.06. The molecular formula is C18H30O4. The van der Waals surface area contributed by atoms with E-state index in [1.165, 1.54) is 38.5 Å². The first-order valence-electron chi connectivity index (χ1n) is 8.44. The van der Waals surface area contributed by atoms with Gasteiger partial charge in [-0.2, -0.15) is 4.89 Å². The van der Waals surface area contributed by atoms with Gasteiger partial charge in [0, 0.05) is 0 Å². The van der Waals surface area contributed by atoms with Crippen LogP contribution in [0.15, 0.2) is 24.3 Å². The van der Waals surface area contributed by atoms with E-state index in [1.807, 2.05) is 24.3 Å². The average Bonchev–Trinajstić information content (AvgIpc) is 2.55. The van der Waals surface area contributed by atoms with Crippen LogP contribution < -0.4 is 4.89 Å². The number of rotatable bonds is 13. The predicted octanol–water partition coefficient (Wildman–Crippen LogP) is 3.64. The standard InChI is InChI=1S/C18H30O4/c1-2-3-4-5-6-7-8-11-16-12-9-10-13-18(16)22-21-15-17(20)14-19/h9-10,12-13,17,19-20H,2-8,11,14-15H2,1H3. The van der Waals surface area contributed by atoms with E-state index in [9.17, 15) is 5.11 Å². The highest BCUT2D eigenvalue weighted by atomic mass is 17.2. The van der Waals surface area contributed by atoms with Gasteiger partial charge in [-0.3, -0.25) is 0 Å². The molecule has 0 aliphatic heterocycles. The zero-order valence-corrected chi connectivity index (χ0v) is 13.7. The van der Waals surface area contributed by atoms with Gasteiger partial charge in [0.25, 0.3) is 0 Å². The summed E-state index contributed by atoms with van der Waals surface area (Å²) in [5.41, 5.74) is 1.12. The molecule has 0 radical (unpaired) electrons. The lowest BCUT2D eigenvalue weighted by molar-refractivity contribution is -0.226. The third-order valence-electron chi connectivity index (χ3n) is 3.64. The van der Waals surface area contributed by atoms with Gasteiger partial charge in [0.15, 0.2) is 5.75 Å². The Hall–Kier alpha value is -1.10. The minimum Gasteiger partial charge on any atom is -0.394 e. The molecule has 0 fully saturated rings. The van der Waals surface area contributed by atoms with Gasteiger partial charge in [0.1, 0.15) is 12.7 Å². The van der Waals surface area contributed by atoms with Gasteiger partial charge in [0.05, 0.1) is 6.61 Å². The molecule has 0 heterocycles. The van der Waals surface area contributed by atoms with E-state index in [4.69, 9.17) is 14.9 Å². The maximum atomic E-state index is 9.21. The van der Waals surface area contributed by atoms with Gasteiger partial charge in [-0.1, -0.05) is 63.6 Å². The summed E-state index contributed by atoms with van der Waals surface area (Å²) in [4.78, 5) is 10.2. The van der Waals surface area contributed by atoms with Crippen molar-refractivity contribution < 1.29 is 20.0 Å². The molecule has 1 aromatic carbocycles. The maximum Gasteiger partial charge on any atom is 0.168 e. The molecule has 22 heavy (non-hydrogen) atoms. The number of para-hydroxylation sites is 1. The van der Waals surface area contributed by atoms with Crippen LogP contribution in [0.4, 0.5) is 0 Å². The van der Waals surface area contributed by atoms with Crippen molar-refractivity contribution in [2.75, 3.05) is 13.2 Å². The lowest BCUT2D eigenvalue weighted by Gasteiger charge is -2.11. The zero-order chi connectivity index (χ0) is 16.0. The first-order valence-corrected chi connectivity index (χ1v) is 8.44. The normalized spacial score (nSPS) is 12.3. The first-order chi connectivity index (χ1) is 10.8. The van der Waals surface area contributed by atoms with Crippen molar-refractivity contribution in [2.24, 2.45) is 0 Å². The largest absolute Gasteiger partial charge is 0.394 e. The zero-order valence-electron chi connectivity index (χ0n) is 13.7. The number of aliphatic hydroxyl groups excluding tert-OH is 2.